The average Bonchev–Trinajstić information content (AvgIpc) is 2.61. The topological polar surface area (TPSA) is 49.4 Å². The van der Waals surface area contributed by atoms with Crippen molar-refractivity contribution < 1.29 is 9.59 Å². The largest absolute Gasteiger partial charge is 0.322 e. The minimum Gasteiger partial charge on any atom is -0.322 e. The molecular formula is C20H21BrN2O2. The molecule has 5 heteroatoms. The van der Waals surface area contributed by atoms with Gasteiger partial charge in [0.25, 0.3) is 5.91 Å². The van der Waals surface area contributed by atoms with Gasteiger partial charge in [0.15, 0.2) is 0 Å². The zero-order valence-corrected chi connectivity index (χ0v) is 15.8. The van der Waals surface area contributed by atoms with Crippen LogP contribution in [-0.2, 0) is 11.2 Å². The number of nitrogens with zero attached hydrogens (tertiary/aromatic N) is 1. The lowest BCUT2D eigenvalue weighted by molar-refractivity contribution is -0.118. The summed E-state index contributed by atoms with van der Waals surface area (Å²) < 4.78 is 0.940. The van der Waals surface area contributed by atoms with Crippen molar-refractivity contribution in [3.63, 3.8) is 0 Å². The number of halogens is 1. The van der Waals surface area contributed by atoms with Crippen LogP contribution in [0, 0.1) is 0 Å². The highest BCUT2D eigenvalue weighted by Crippen LogP contribution is 2.30. The number of anilines is 2. The number of fused-ring (bicyclic) bond motifs is 1. The number of unbranched alkanes of at least 4 members (excludes halogenated alkanes) is 1. The van der Waals surface area contributed by atoms with Crippen molar-refractivity contribution in [2.24, 2.45) is 0 Å². The number of carbonyl (C=O) groups is 2. The lowest BCUT2D eigenvalue weighted by Gasteiger charge is -2.29. The van der Waals surface area contributed by atoms with Crippen molar-refractivity contribution >= 4 is 39.1 Å². The van der Waals surface area contributed by atoms with Gasteiger partial charge in [0.1, 0.15) is 0 Å². The van der Waals surface area contributed by atoms with Crippen LogP contribution in [0.3, 0.4) is 0 Å². The van der Waals surface area contributed by atoms with E-state index in [2.05, 4.69) is 28.2 Å². The van der Waals surface area contributed by atoms with Gasteiger partial charge in [-0.15, -0.1) is 0 Å². The molecule has 0 saturated heterocycles. The van der Waals surface area contributed by atoms with Crippen molar-refractivity contribution in [3.05, 3.63) is 58.1 Å². The number of hydrogen-bond donors (Lipinski definition) is 1. The minimum absolute atomic E-state index is 0.137. The Labute approximate surface area is 156 Å². The number of rotatable bonds is 5. The Morgan fingerprint density at radius 2 is 1.92 bits per heavy atom. The quantitative estimate of drug-likeness (QED) is 0.784. The van der Waals surface area contributed by atoms with Gasteiger partial charge in [0.2, 0.25) is 5.91 Å². The highest BCUT2D eigenvalue weighted by molar-refractivity contribution is 9.10. The van der Waals surface area contributed by atoms with Gasteiger partial charge in [-0.25, -0.2) is 0 Å². The summed E-state index contributed by atoms with van der Waals surface area (Å²) in [4.78, 5) is 26.4. The first-order valence-electron chi connectivity index (χ1n) is 8.58. The van der Waals surface area contributed by atoms with Crippen LogP contribution in [-0.4, -0.2) is 18.4 Å². The molecule has 4 nitrogen and oxygen atoms in total. The van der Waals surface area contributed by atoms with E-state index in [1.54, 1.807) is 12.1 Å². The molecule has 1 aliphatic heterocycles. The van der Waals surface area contributed by atoms with Crippen LogP contribution < -0.4 is 10.2 Å². The summed E-state index contributed by atoms with van der Waals surface area (Å²) in [6, 6.07) is 13.0. The van der Waals surface area contributed by atoms with E-state index in [1.165, 1.54) is 0 Å². The Hall–Kier alpha value is -2.14. The molecule has 2 aromatic rings. The number of carbonyl (C=O) groups excluding carboxylic acids is 2. The molecule has 0 bridgehead atoms. The standard InChI is InChI=1S/C20H21BrN2O2/c1-2-3-12-23-18-10-9-17(13-15(18)6-11-19(23)24)22-20(25)14-4-7-16(21)8-5-14/h4-5,7-10,13H,2-3,6,11-12H2,1H3,(H,22,25). The predicted molar refractivity (Wildman–Crippen MR) is 104 cm³/mol. The number of hydrogen-bond acceptors (Lipinski definition) is 2. The highest BCUT2D eigenvalue weighted by Gasteiger charge is 2.23. The number of nitrogens with one attached hydrogen (secondary N) is 1. The minimum atomic E-state index is -0.137. The van der Waals surface area contributed by atoms with Gasteiger partial charge in [-0.05, 0) is 60.9 Å². The van der Waals surface area contributed by atoms with Crippen LogP contribution in [0.4, 0.5) is 11.4 Å². The fourth-order valence-electron chi connectivity index (χ4n) is 3.00. The van der Waals surface area contributed by atoms with Crippen molar-refractivity contribution in [2.75, 3.05) is 16.8 Å². The molecule has 0 unspecified atom stereocenters. The Morgan fingerprint density at radius 1 is 1.16 bits per heavy atom. The van der Waals surface area contributed by atoms with Gasteiger partial charge in [-0.3, -0.25) is 9.59 Å². The fourth-order valence-corrected chi connectivity index (χ4v) is 3.27. The Bertz CT molecular complexity index is 787. The van der Waals surface area contributed by atoms with Gasteiger partial charge in [0.05, 0.1) is 0 Å². The van der Waals surface area contributed by atoms with Gasteiger partial charge < -0.3 is 10.2 Å². The summed E-state index contributed by atoms with van der Waals surface area (Å²) in [7, 11) is 0. The van der Waals surface area contributed by atoms with Crippen molar-refractivity contribution in [3.8, 4) is 0 Å². The molecule has 2 amide bonds. The second-order valence-electron chi connectivity index (χ2n) is 6.20. The molecule has 1 aliphatic rings. The van der Waals surface area contributed by atoms with Crippen LogP contribution in [0.25, 0.3) is 0 Å². The van der Waals surface area contributed by atoms with Gasteiger partial charge in [-0.2, -0.15) is 0 Å². The van der Waals surface area contributed by atoms with E-state index in [4.69, 9.17) is 0 Å². The summed E-state index contributed by atoms with van der Waals surface area (Å²) in [6.07, 6.45) is 3.30. The summed E-state index contributed by atoms with van der Waals surface area (Å²) in [6.45, 7) is 2.88. The number of aryl methyl sites for hydroxylation is 1. The maximum atomic E-state index is 12.4. The first-order chi connectivity index (χ1) is 12.1. The molecule has 0 atom stereocenters. The Kier molecular flexibility index (Phi) is 5.53. The summed E-state index contributed by atoms with van der Waals surface area (Å²) in [5, 5.41) is 2.94. The van der Waals surface area contributed by atoms with E-state index in [-0.39, 0.29) is 11.8 Å². The van der Waals surface area contributed by atoms with Crippen LogP contribution in [0.15, 0.2) is 46.9 Å². The van der Waals surface area contributed by atoms with E-state index in [9.17, 15) is 9.59 Å². The van der Waals surface area contributed by atoms with Gasteiger partial charge >= 0.3 is 0 Å². The van der Waals surface area contributed by atoms with Crippen LogP contribution in [0.5, 0.6) is 0 Å². The number of benzene rings is 2. The fraction of sp³-hybridized carbons (Fsp3) is 0.300. The van der Waals surface area contributed by atoms with Gasteiger partial charge in [0, 0.05) is 34.4 Å². The third kappa shape index (κ3) is 4.10. The molecule has 0 fully saturated rings. The summed E-state index contributed by atoms with van der Waals surface area (Å²) in [5.74, 6) is 0.0507. The zero-order valence-electron chi connectivity index (χ0n) is 14.2. The van der Waals surface area contributed by atoms with Crippen molar-refractivity contribution in [1.82, 2.24) is 0 Å². The molecule has 0 saturated carbocycles. The zero-order chi connectivity index (χ0) is 17.8. The first kappa shape index (κ1) is 17.7. The second kappa shape index (κ2) is 7.83. The van der Waals surface area contributed by atoms with Crippen LogP contribution in [0.1, 0.15) is 42.1 Å². The molecule has 0 radical (unpaired) electrons. The maximum Gasteiger partial charge on any atom is 0.255 e. The average molecular weight is 401 g/mol. The molecule has 25 heavy (non-hydrogen) atoms. The first-order valence-corrected chi connectivity index (χ1v) is 9.38. The van der Waals surface area contributed by atoms with E-state index < -0.39 is 0 Å². The van der Waals surface area contributed by atoms with Crippen molar-refractivity contribution in [1.29, 1.82) is 0 Å². The Morgan fingerprint density at radius 3 is 2.64 bits per heavy atom. The molecule has 0 aliphatic carbocycles. The smallest absolute Gasteiger partial charge is 0.255 e. The monoisotopic (exact) mass is 400 g/mol. The lowest BCUT2D eigenvalue weighted by atomic mass is 10.00. The van der Waals surface area contributed by atoms with Crippen LogP contribution in [0.2, 0.25) is 0 Å². The number of amides is 2. The molecule has 1 heterocycles. The van der Waals surface area contributed by atoms with E-state index in [0.717, 1.165) is 47.2 Å². The molecule has 0 spiro atoms. The van der Waals surface area contributed by atoms with Crippen LogP contribution >= 0.6 is 15.9 Å². The highest BCUT2D eigenvalue weighted by atomic mass is 79.9. The van der Waals surface area contributed by atoms with E-state index in [1.807, 2.05) is 35.2 Å². The van der Waals surface area contributed by atoms with E-state index >= 15 is 0 Å². The third-order valence-corrected chi connectivity index (χ3v) is 4.91. The third-order valence-electron chi connectivity index (χ3n) is 4.38. The molecule has 1 N–H and O–H groups in total. The van der Waals surface area contributed by atoms with E-state index in [0.29, 0.717) is 12.0 Å². The van der Waals surface area contributed by atoms with Crippen molar-refractivity contribution in [2.45, 2.75) is 32.6 Å². The molecular weight excluding hydrogens is 380 g/mol. The molecule has 3 rings (SSSR count). The van der Waals surface area contributed by atoms with Gasteiger partial charge in [-0.1, -0.05) is 29.3 Å². The predicted octanol–water partition coefficient (Wildman–Crippen LogP) is 4.78. The lowest BCUT2D eigenvalue weighted by Crippen LogP contribution is -2.35. The molecule has 130 valence electrons. The summed E-state index contributed by atoms with van der Waals surface area (Å²) in [5.41, 5.74) is 3.47. The maximum absolute atomic E-state index is 12.4. The summed E-state index contributed by atoms with van der Waals surface area (Å²) >= 11 is 3.37. The normalized spacial score (nSPS) is 13.5. The molecule has 0 aromatic heterocycles. The molecule has 2 aromatic carbocycles. The second-order valence-corrected chi connectivity index (χ2v) is 7.12. The SMILES string of the molecule is CCCCN1C(=O)CCc2cc(NC(=O)c3ccc(Br)cc3)ccc21. The Balaban J connectivity index is 1.77.